The van der Waals surface area contributed by atoms with E-state index in [1.165, 1.54) is 104 Å². The van der Waals surface area contributed by atoms with Gasteiger partial charge in [0.05, 0.1) is 0 Å². The van der Waals surface area contributed by atoms with Crippen LogP contribution in [-0.4, -0.2) is 39.0 Å². The Kier molecular flexibility index (Phi) is 7.26. The average molecular weight is 813 g/mol. The van der Waals surface area contributed by atoms with Crippen LogP contribution < -0.4 is 0 Å². The van der Waals surface area contributed by atoms with Crippen molar-refractivity contribution in [1.29, 1.82) is 0 Å². The van der Waals surface area contributed by atoms with E-state index in [0.717, 1.165) is 0 Å². The molecule has 2 nitrogen and oxygen atoms in total. The molecule has 0 unspecified atom stereocenters. The summed E-state index contributed by atoms with van der Waals surface area (Å²) in [5.41, 5.74) is 10.8. The van der Waals surface area contributed by atoms with Gasteiger partial charge in [-0.3, -0.25) is 0 Å². The van der Waals surface area contributed by atoms with E-state index in [2.05, 4.69) is 166 Å². The standard InChI is InChI=1S/C48H50N2Se2/c1-45(2,3)25-17-29-30-18-26(46(4,5)6)22-34-39-15-16-40(52-39)36-24-28(48(10,11)12)20-32-31-19-27(47(7,8)9)23-35(43(31)50-44(32)36)38-14-13-37(51-38)33(21-25)41(29)49-42(30)34/h13-24,49-50H,1-12H3. The van der Waals surface area contributed by atoms with Crippen molar-refractivity contribution < 1.29 is 0 Å². The van der Waals surface area contributed by atoms with Crippen molar-refractivity contribution >= 4 is 111 Å². The first kappa shape index (κ1) is 34.3. The number of hydrogen-bond acceptors (Lipinski definition) is 0. The third kappa shape index (κ3) is 5.32. The number of aromatic nitrogens is 2. The molecule has 5 aromatic heterocycles. The van der Waals surface area contributed by atoms with Crippen molar-refractivity contribution in [1.82, 2.24) is 9.97 Å². The third-order valence-electron chi connectivity index (χ3n) is 11.4. The minimum atomic E-state index is 0.0221. The number of rotatable bonds is 0. The van der Waals surface area contributed by atoms with Crippen LogP contribution >= 0.6 is 0 Å². The first-order valence-corrected chi connectivity index (χ1v) is 22.2. The zero-order chi connectivity index (χ0) is 36.9. The van der Waals surface area contributed by atoms with Gasteiger partial charge in [0.15, 0.2) is 0 Å². The molecule has 4 heteroatoms. The predicted octanol–water partition coefficient (Wildman–Crippen LogP) is 13.4. The second-order valence-corrected chi connectivity index (χ2v) is 23.9. The summed E-state index contributed by atoms with van der Waals surface area (Å²) in [5.74, 6) is 0. The molecule has 2 N–H and O–H groups in total. The molecule has 0 spiro atoms. The summed E-state index contributed by atoms with van der Waals surface area (Å²) in [5, 5.41) is 10.9. The molecule has 0 aliphatic rings. The Morgan fingerprint density at radius 2 is 0.500 bits per heavy atom. The fourth-order valence-electron chi connectivity index (χ4n) is 7.97. The van der Waals surface area contributed by atoms with Crippen LogP contribution in [0.5, 0.6) is 0 Å². The second-order valence-electron chi connectivity index (χ2n) is 19.4. The molecular weight excluding hydrogens is 762 g/mol. The first-order valence-electron chi connectivity index (χ1n) is 18.8. The van der Waals surface area contributed by atoms with Gasteiger partial charge in [-0.15, -0.1) is 0 Å². The Balaban J connectivity index is 1.61. The van der Waals surface area contributed by atoms with Crippen LogP contribution in [0, 0.1) is 0 Å². The van der Waals surface area contributed by atoms with Crippen LogP contribution in [0.15, 0.2) is 72.8 Å². The zero-order valence-electron chi connectivity index (χ0n) is 32.7. The summed E-state index contributed by atoms with van der Waals surface area (Å²) in [4.78, 5) is 8.21. The van der Waals surface area contributed by atoms with Crippen LogP contribution in [0.2, 0.25) is 0 Å². The van der Waals surface area contributed by atoms with Crippen molar-refractivity contribution in [2.75, 3.05) is 0 Å². The predicted molar refractivity (Wildman–Crippen MR) is 233 cm³/mol. The van der Waals surface area contributed by atoms with E-state index in [4.69, 9.17) is 0 Å². The number of nitrogens with one attached hydrogen (secondary N) is 2. The number of benzene rings is 4. The number of fused-ring (bicyclic) bond motifs is 10. The minimum absolute atomic E-state index is 0.0221. The molecule has 4 aromatic carbocycles. The Morgan fingerprint density at radius 3 is 0.692 bits per heavy atom. The molecule has 9 aromatic rings. The van der Waals surface area contributed by atoms with Crippen LogP contribution in [0.4, 0.5) is 0 Å². The average Bonchev–Trinajstić information content (AvgIpc) is 3.85. The fraction of sp³-hybridized carbons (Fsp3) is 0.333. The summed E-state index contributed by atoms with van der Waals surface area (Å²) in [6.07, 6.45) is 0. The molecule has 0 aliphatic heterocycles. The number of hydrogen-bond donors (Lipinski definition) is 2. The Bertz CT molecular complexity index is 2580. The van der Waals surface area contributed by atoms with E-state index in [0.29, 0.717) is 0 Å². The van der Waals surface area contributed by atoms with E-state index >= 15 is 0 Å². The van der Waals surface area contributed by atoms with Crippen molar-refractivity contribution in [2.45, 2.75) is 105 Å². The van der Waals surface area contributed by atoms with E-state index < -0.39 is 0 Å². The molecule has 0 fully saturated rings. The van der Waals surface area contributed by atoms with E-state index in [1.807, 2.05) is 0 Å². The molecule has 0 amide bonds. The van der Waals surface area contributed by atoms with Gasteiger partial charge in [0.1, 0.15) is 0 Å². The summed E-state index contributed by atoms with van der Waals surface area (Å²) in [7, 11) is 0. The van der Waals surface area contributed by atoms with Crippen LogP contribution in [0.25, 0.3) is 82.2 Å². The second kappa shape index (κ2) is 11.0. The van der Waals surface area contributed by atoms with Crippen LogP contribution in [0.1, 0.15) is 105 Å². The van der Waals surface area contributed by atoms with Crippen molar-refractivity contribution in [3.05, 3.63) is 95.1 Å². The number of aromatic amines is 2. The zero-order valence-corrected chi connectivity index (χ0v) is 36.2. The summed E-state index contributed by atoms with van der Waals surface area (Å²) in [6, 6.07) is 29.7. The van der Waals surface area contributed by atoms with Gasteiger partial charge in [0.2, 0.25) is 0 Å². The molecule has 0 saturated carbocycles. The van der Waals surface area contributed by atoms with Crippen molar-refractivity contribution in [3.8, 4) is 0 Å². The molecule has 0 radical (unpaired) electrons. The first-order chi connectivity index (χ1) is 24.3. The van der Waals surface area contributed by atoms with Gasteiger partial charge in [-0.05, 0) is 0 Å². The van der Waals surface area contributed by atoms with Crippen LogP contribution in [-0.2, 0) is 21.7 Å². The third-order valence-corrected chi connectivity index (χ3v) is 16.2. The molecule has 5 heterocycles. The summed E-state index contributed by atoms with van der Waals surface area (Å²) >= 11 is 0.259. The van der Waals surface area contributed by atoms with Gasteiger partial charge < -0.3 is 0 Å². The summed E-state index contributed by atoms with van der Waals surface area (Å²) < 4.78 is 5.79. The Labute approximate surface area is 319 Å². The van der Waals surface area contributed by atoms with Gasteiger partial charge in [-0.1, -0.05) is 0 Å². The van der Waals surface area contributed by atoms with E-state index in [9.17, 15) is 0 Å². The molecule has 0 atom stereocenters. The van der Waals surface area contributed by atoms with E-state index in [1.54, 1.807) is 0 Å². The normalized spacial score (nSPS) is 13.8. The maximum absolute atomic E-state index is 4.10. The van der Waals surface area contributed by atoms with Crippen LogP contribution in [0.3, 0.4) is 0 Å². The van der Waals surface area contributed by atoms with Gasteiger partial charge in [0, 0.05) is 0 Å². The summed E-state index contributed by atoms with van der Waals surface area (Å²) in [6.45, 7) is 28.3. The number of H-pyrrole nitrogens is 2. The molecule has 0 saturated heterocycles. The molecule has 52 heavy (non-hydrogen) atoms. The monoisotopic (exact) mass is 814 g/mol. The van der Waals surface area contributed by atoms with Crippen molar-refractivity contribution in [3.63, 3.8) is 0 Å². The van der Waals surface area contributed by atoms with Gasteiger partial charge in [0.25, 0.3) is 0 Å². The Hall–Kier alpha value is -3.52. The molecule has 9 rings (SSSR count). The van der Waals surface area contributed by atoms with E-state index in [-0.39, 0.29) is 50.7 Å². The van der Waals surface area contributed by atoms with Crippen molar-refractivity contribution in [2.24, 2.45) is 0 Å². The molecule has 264 valence electrons. The fourth-order valence-corrected chi connectivity index (χ4v) is 12.4. The quantitative estimate of drug-likeness (QED) is 0.143. The topological polar surface area (TPSA) is 31.6 Å². The maximum atomic E-state index is 4.10. The molecular formula is C48H50N2Se2. The van der Waals surface area contributed by atoms with Gasteiger partial charge in [-0.2, -0.15) is 0 Å². The molecule has 0 aliphatic carbocycles. The molecule has 8 bridgehead atoms. The van der Waals surface area contributed by atoms with Gasteiger partial charge >= 0.3 is 321 Å². The SMILES string of the molecule is CC(C)(C)c1cc2c3ccc([se]3)c3cc(C(C)(C)C)cc4c5cc(C(C)(C)C)cc(c6ccc([se]6)c6cc(C(C)(C)C)cc7c(c1)c2[nH]c67)c5[nH]c34. The van der Waals surface area contributed by atoms with Gasteiger partial charge in [-0.25, -0.2) is 0 Å². The Morgan fingerprint density at radius 1 is 0.308 bits per heavy atom.